The van der Waals surface area contributed by atoms with E-state index in [-0.39, 0.29) is 35.4 Å². The fraction of sp³-hybridized carbons (Fsp3) is 0.194. The fourth-order valence-corrected chi connectivity index (χ4v) is 5.76. The van der Waals surface area contributed by atoms with Crippen molar-refractivity contribution in [1.29, 1.82) is 0 Å². The van der Waals surface area contributed by atoms with Crippen LogP contribution in [0.3, 0.4) is 0 Å². The lowest BCUT2D eigenvalue weighted by atomic mass is 10.1. The Labute approximate surface area is 270 Å². The minimum Gasteiger partial charge on any atom is -0.493 e. The molecule has 0 fully saturated rings. The zero-order valence-electron chi connectivity index (χ0n) is 25.8. The summed E-state index contributed by atoms with van der Waals surface area (Å²) in [5.74, 6) is -2.39. The third kappa shape index (κ3) is 6.28. The Morgan fingerprint density at radius 3 is 2.34 bits per heavy atom. The number of nitrogens with zero attached hydrogens (tertiary/aromatic N) is 2. The molecule has 1 atom stereocenters. The number of hydrogen-bond acceptors (Lipinski definition) is 7. The Kier molecular flexibility index (Phi) is 8.45. The zero-order valence-corrected chi connectivity index (χ0v) is 25.8. The van der Waals surface area contributed by atoms with Crippen molar-refractivity contribution in [3.8, 4) is 11.5 Å². The van der Waals surface area contributed by atoms with E-state index in [0.717, 1.165) is 23.3 Å². The summed E-state index contributed by atoms with van der Waals surface area (Å²) in [5.41, 5.74) is 9.17. The fourth-order valence-electron chi connectivity index (χ4n) is 5.76. The molecule has 3 N–H and O–H groups in total. The van der Waals surface area contributed by atoms with Crippen LogP contribution < -0.4 is 25.4 Å². The molecule has 0 saturated carbocycles. The molecule has 4 aromatic carbocycles. The van der Waals surface area contributed by atoms with Gasteiger partial charge in [-0.2, -0.15) is 0 Å². The molecule has 1 unspecified atom stereocenters. The number of ether oxygens (including phenoxy) is 2. The molecule has 0 radical (unpaired) electrons. The first-order valence-electron chi connectivity index (χ1n) is 15.1. The van der Waals surface area contributed by atoms with Crippen molar-refractivity contribution >= 4 is 40.9 Å². The van der Waals surface area contributed by atoms with Gasteiger partial charge in [-0.05, 0) is 72.9 Å². The Morgan fingerprint density at radius 2 is 1.60 bits per heavy atom. The van der Waals surface area contributed by atoms with Gasteiger partial charge >= 0.3 is 11.8 Å². The van der Waals surface area contributed by atoms with Crippen molar-refractivity contribution in [2.24, 2.45) is 5.73 Å². The number of benzene rings is 4. The highest BCUT2D eigenvalue weighted by atomic mass is 16.5. The second-order valence-electron chi connectivity index (χ2n) is 11.4. The van der Waals surface area contributed by atoms with Crippen LogP contribution in [0, 0.1) is 0 Å². The summed E-state index contributed by atoms with van der Waals surface area (Å²) in [5, 5.41) is 2.30. The van der Waals surface area contributed by atoms with Gasteiger partial charge < -0.3 is 25.4 Å². The smallest absolute Gasteiger partial charge is 0.313 e. The molecule has 0 bridgehead atoms. The molecule has 0 aromatic heterocycles. The average molecular weight is 633 g/mol. The molecule has 47 heavy (non-hydrogen) atoms. The normalized spacial score (nSPS) is 14.1. The molecule has 11 heteroatoms. The molecule has 4 aromatic rings. The van der Waals surface area contributed by atoms with Gasteiger partial charge in [-0.15, -0.1) is 0 Å². The summed E-state index contributed by atoms with van der Waals surface area (Å²) in [6.45, 7) is 2.29. The van der Waals surface area contributed by atoms with Crippen LogP contribution in [0.25, 0.3) is 0 Å². The second kappa shape index (κ2) is 12.8. The quantitative estimate of drug-likeness (QED) is 0.194. The van der Waals surface area contributed by atoms with Crippen LogP contribution in [0.1, 0.15) is 61.1 Å². The van der Waals surface area contributed by atoms with Crippen LogP contribution in [-0.2, 0) is 29.1 Å². The number of rotatable bonds is 10. The zero-order chi connectivity index (χ0) is 33.2. The number of fused-ring (bicyclic) bond motifs is 2. The summed E-state index contributed by atoms with van der Waals surface area (Å²) < 4.78 is 11.8. The Hall–Kier alpha value is -5.97. The molecule has 0 aliphatic carbocycles. The van der Waals surface area contributed by atoms with Crippen molar-refractivity contribution in [2.45, 2.75) is 39.0 Å². The van der Waals surface area contributed by atoms with E-state index in [1.807, 2.05) is 37.3 Å². The predicted molar refractivity (Wildman–Crippen MR) is 173 cm³/mol. The number of primary amides is 1. The van der Waals surface area contributed by atoms with Crippen molar-refractivity contribution in [3.63, 3.8) is 0 Å². The monoisotopic (exact) mass is 632 g/mol. The first-order valence-corrected chi connectivity index (χ1v) is 15.1. The van der Waals surface area contributed by atoms with E-state index in [9.17, 15) is 24.0 Å². The van der Waals surface area contributed by atoms with E-state index < -0.39 is 23.6 Å². The summed E-state index contributed by atoms with van der Waals surface area (Å²) >= 11 is 0. The van der Waals surface area contributed by atoms with Gasteiger partial charge in [0, 0.05) is 23.0 Å². The van der Waals surface area contributed by atoms with Gasteiger partial charge in [-0.3, -0.25) is 28.9 Å². The summed E-state index contributed by atoms with van der Waals surface area (Å²) in [7, 11) is 1.57. The number of carbonyl (C=O) groups excluding carboxylic acids is 5. The molecule has 2 aliphatic rings. The molecule has 238 valence electrons. The third-order valence-electron chi connectivity index (χ3n) is 8.24. The molecule has 6 rings (SSSR count). The first kappa shape index (κ1) is 31.0. The van der Waals surface area contributed by atoms with Crippen LogP contribution in [0.15, 0.2) is 84.9 Å². The van der Waals surface area contributed by atoms with Crippen molar-refractivity contribution in [1.82, 2.24) is 4.90 Å². The average Bonchev–Trinajstić information content (AvgIpc) is 3.52. The number of anilines is 2. The number of carbonyl (C=O) groups is 5. The van der Waals surface area contributed by atoms with Gasteiger partial charge in [0.25, 0.3) is 17.7 Å². The van der Waals surface area contributed by atoms with Crippen LogP contribution in [0.4, 0.5) is 11.4 Å². The van der Waals surface area contributed by atoms with Gasteiger partial charge in [0.1, 0.15) is 0 Å². The Bertz CT molecular complexity index is 1920. The van der Waals surface area contributed by atoms with Gasteiger partial charge in [0.2, 0.25) is 0 Å². The van der Waals surface area contributed by atoms with Gasteiger partial charge in [0.15, 0.2) is 11.5 Å². The molecule has 2 aliphatic heterocycles. The topological polar surface area (TPSA) is 148 Å². The Morgan fingerprint density at radius 1 is 0.830 bits per heavy atom. The minimum absolute atomic E-state index is 0.0583. The van der Waals surface area contributed by atoms with Crippen molar-refractivity contribution in [2.75, 3.05) is 17.3 Å². The van der Waals surface area contributed by atoms with Crippen LogP contribution in [0.2, 0.25) is 0 Å². The first-order chi connectivity index (χ1) is 22.6. The van der Waals surface area contributed by atoms with Crippen LogP contribution >= 0.6 is 0 Å². The van der Waals surface area contributed by atoms with Gasteiger partial charge in [-0.1, -0.05) is 42.5 Å². The Balaban J connectivity index is 1.15. The highest BCUT2D eigenvalue weighted by molar-refractivity contribution is 6.39. The lowest BCUT2D eigenvalue weighted by molar-refractivity contribution is -0.134. The van der Waals surface area contributed by atoms with Crippen LogP contribution in [0.5, 0.6) is 11.5 Å². The van der Waals surface area contributed by atoms with E-state index in [1.54, 1.807) is 36.3 Å². The minimum atomic E-state index is -1.18. The molecule has 0 saturated heterocycles. The lowest BCUT2D eigenvalue weighted by Gasteiger charge is -2.21. The maximum absolute atomic E-state index is 13.7. The summed E-state index contributed by atoms with van der Waals surface area (Å²) in [6, 6.07) is 25.1. The number of nitrogens with two attached hydrogens (primary N) is 1. The molecule has 0 spiro atoms. The maximum atomic E-state index is 13.7. The van der Waals surface area contributed by atoms with E-state index in [2.05, 4.69) is 17.4 Å². The SMILES string of the molecule is COc1ccc(N2Cc3ccc(CN4C(=O)c5ccc(NC(=O)C(N)=O)cc5C4=O)cc3C2=O)cc1OC(C)CCc1ccccc1. The third-order valence-corrected chi connectivity index (χ3v) is 8.24. The summed E-state index contributed by atoms with van der Waals surface area (Å²) in [4.78, 5) is 65.5. The van der Waals surface area contributed by atoms with E-state index in [1.165, 1.54) is 23.8 Å². The van der Waals surface area contributed by atoms with Crippen molar-refractivity contribution in [3.05, 3.63) is 118 Å². The van der Waals surface area contributed by atoms with Gasteiger partial charge in [0.05, 0.1) is 37.4 Å². The lowest BCUT2D eigenvalue weighted by Crippen LogP contribution is -2.29. The number of imide groups is 1. The predicted octanol–water partition coefficient (Wildman–Crippen LogP) is 4.48. The van der Waals surface area contributed by atoms with E-state index in [4.69, 9.17) is 15.2 Å². The molecular weight excluding hydrogens is 600 g/mol. The largest absolute Gasteiger partial charge is 0.493 e. The molecule has 11 nitrogen and oxygen atoms in total. The van der Waals surface area contributed by atoms with Gasteiger partial charge in [-0.25, -0.2) is 0 Å². The summed E-state index contributed by atoms with van der Waals surface area (Å²) in [6.07, 6.45) is 1.56. The second-order valence-corrected chi connectivity index (χ2v) is 11.4. The highest BCUT2D eigenvalue weighted by Crippen LogP contribution is 2.37. The maximum Gasteiger partial charge on any atom is 0.313 e. The number of aryl methyl sites for hydroxylation is 1. The highest BCUT2D eigenvalue weighted by Gasteiger charge is 2.36. The number of methoxy groups -OCH3 is 1. The molecular formula is C36H32N4O7. The van der Waals surface area contributed by atoms with Crippen LogP contribution in [-0.4, -0.2) is 47.6 Å². The molecule has 2 heterocycles. The molecule has 5 amide bonds. The number of hydrogen-bond donors (Lipinski definition) is 2. The number of amides is 5. The van der Waals surface area contributed by atoms with E-state index >= 15 is 0 Å². The number of nitrogens with one attached hydrogen (secondary N) is 1. The standard InChI is InChI=1S/C36H32N4O7/c1-21(8-9-22-6-4-3-5-7-22)47-31-18-26(13-15-30(31)46-2)39-20-24-11-10-23(16-28(24)35(39)44)19-40-34(43)27-14-12-25(17-29(27)36(40)45)38-33(42)32(37)41/h3-7,10-18,21H,8-9,19-20H2,1-2H3,(H2,37,41)(H,38,42). The van der Waals surface area contributed by atoms with Crippen molar-refractivity contribution < 1.29 is 33.4 Å². The van der Waals surface area contributed by atoms with E-state index in [0.29, 0.717) is 34.9 Å².